The van der Waals surface area contributed by atoms with Crippen LogP contribution in [0.1, 0.15) is 11.5 Å². The summed E-state index contributed by atoms with van der Waals surface area (Å²) in [7, 11) is 0. The number of fused-ring (bicyclic) bond motifs is 3. The van der Waals surface area contributed by atoms with E-state index in [-0.39, 0.29) is 12.5 Å². The van der Waals surface area contributed by atoms with Crippen LogP contribution in [0.3, 0.4) is 0 Å². The number of carbonyl (C=O) groups is 1. The third-order valence-electron chi connectivity index (χ3n) is 6.76. The van der Waals surface area contributed by atoms with E-state index in [0.29, 0.717) is 21.3 Å². The van der Waals surface area contributed by atoms with Crippen LogP contribution in [0.15, 0.2) is 108 Å². The fraction of sp³-hybridized carbons (Fsp3) is 0.0625. The Morgan fingerprint density at radius 2 is 1.60 bits per heavy atom. The number of nitrogens with one attached hydrogen (secondary N) is 2. The molecule has 6 nitrogen and oxygen atoms in total. The van der Waals surface area contributed by atoms with Gasteiger partial charge in [-0.1, -0.05) is 65.7 Å². The molecule has 1 amide bonds. The molecule has 4 N–H and O–H groups in total. The average molecular weight is 567 g/mol. The van der Waals surface area contributed by atoms with Crippen LogP contribution in [0.2, 0.25) is 10.0 Å². The Bertz CT molecular complexity index is 1870. The summed E-state index contributed by atoms with van der Waals surface area (Å²) in [5.41, 5.74) is 12.3. The molecule has 0 spiro atoms. The molecule has 0 aliphatic rings. The molecule has 1 unspecified atom stereocenters. The number of nitrogens with zero attached hydrogens (tertiary/aromatic N) is 1. The minimum Gasteiger partial charge on any atom is -0.455 e. The first-order valence-electron chi connectivity index (χ1n) is 12.7. The van der Waals surface area contributed by atoms with Gasteiger partial charge in [0.1, 0.15) is 11.2 Å². The smallest absolute Gasteiger partial charge is 0.233 e. The highest BCUT2D eigenvalue weighted by molar-refractivity contribution is 6.42. The molecule has 2 heterocycles. The van der Waals surface area contributed by atoms with E-state index in [4.69, 9.17) is 33.4 Å². The summed E-state index contributed by atoms with van der Waals surface area (Å²) in [5, 5.41) is 9.30. The first-order valence-corrected chi connectivity index (χ1v) is 13.5. The molecular weight excluding hydrogens is 543 g/mol. The molecule has 0 radical (unpaired) electrons. The Kier molecular flexibility index (Phi) is 7.13. The lowest BCUT2D eigenvalue weighted by Gasteiger charge is -2.17. The number of para-hydroxylation sites is 2. The second kappa shape index (κ2) is 11.0. The molecule has 0 aliphatic heterocycles. The van der Waals surface area contributed by atoms with Gasteiger partial charge in [-0.25, -0.2) is 0 Å². The van der Waals surface area contributed by atoms with E-state index in [0.717, 1.165) is 44.6 Å². The van der Waals surface area contributed by atoms with Gasteiger partial charge in [0, 0.05) is 46.1 Å². The van der Waals surface area contributed by atoms with Crippen LogP contribution in [0, 0.1) is 0 Å². The Morgan fingerprint density at radius 1 is 0.825 bits per heavy atom. The second-order valence-electron chi connectivity index (χ2n) is 9.37. The van der Waals surface area contributed by atoms with Crippen molar-refractivity contribution in [3.8, 4) is 11.3 Å². The number of furan rings is 1. The van der Waals surface area contributed by atoms with Crippen molar-refractivity contribution in [1.29, 1.82) is 0 Å². The summed E-state index contributed by atoms with van der Waals surface area (Å²) in [5.74, 6) is -0.807. The Labute approximate surface area is 240 Å². The van der Waals surface area contributed by atoms with Gasteiger partial charge in [0.05, 0.1) is 21.7 Å². The molecule has 198 valence electrons. The zero-order valence-corrected chi connectivity index (χ0v) is 22.7. The number of amides is 1. The highest BCUT2D eigenvalue weighted by Gasteiger charge is 2.20. The van der Waals surface area contributed by atoms with Gasteiger partial charge in [0.2, 0.25) is 5.91 Å². The Hall–Kier alpha value is -4.36. The molecule has 6 aromatic rings. The molecule has 4 aromatic carbocycles. The number of anilines is 3. The summed E-state index contributed by atoms with van der Waals surface area (Å²) in [6, 6.07) is 30.5. The molecule has 0 fully saturated rings. The highest BCUT2D eigenvalue weighted by atomic mass is 35.5. The van der Waals surface area contributed by atoms with E-state index in [9.17, 15) is 4.79 Å². The number of hydrogen-bond acceptors (Lipinski definition) is 5. The van der Waals surface area contributed by atoms with Gasteiger partial charge in [-0.3, -0.25) is 9.78 Å². The molecule has 0 saturated heterocycles. The van der Waals surface area contributed by atoms with Crippen LogP contribution < -0.4 is 16.4 Å². The summed E-state index contributed by atoms with van der Waals surface area (Å²) in [6.07, 6.45) is 1.76. The highest BCUT2D eigenvalue weighted by Crippen LogP contribution is 2.36. The quantitative estimate of drug-likeness (QED) is 0.180. The Morgan fingerprint density at radius 3 is 2.45 bits per heavy atom. The molecule has 8 heteroatoms. The Balaban J connectivity index is 1.23. The average Bonchev–Trinajstić information content (AvgIpc) is 3.35. The van der Waals surface area contributed by atoms with Gasteiger partial charge >= 0.3 is 0 Å². The summed E-state index contributed by atoms with van der Waals surface area (Å²) in [6.45, 7) is 0.125. The van der Waals surface area contributed by atoms with Gasteiger partial charge in [0.15, 0.2) is 0 Å². The largest absolute Gasteiger partial charge is 0.455 e. The maximum absolute atomic E-state index is 13.1. The van der Waals surface area contributed by atoms with Gasteiger partial charge in [-0.05, 0) is 60.2 Å². The molecule has 40 heavy (non-hydrogen) atoms. The van der Waals surface area contributed by atoms with Gasteiger partial charge in [-0.15, -0.1) is 0 Å². The zero-order chi connectivity index (χ0) is 27.6. The zero-order valence-electron chi connectivity index (χ0n) is 21.2. The fourth-order valence-corrected chi connectivity index (χ4v) is 5.11. The lowest BCUT2D eigenvalue weighted by molar-refractivity contribution is -0.117. The molecule has 0 saturated carbocycles. The number of halogens is 2. The number of rotatable bonds is 7. The number of carbonyl (C=O) groups excluding carboxylic acids is 1. The van der Waals surface area contributed by atoms with E-state index in [1.54, 1.807) is 24.4 Å². The van der Waals surface area contributed by atoms with Crippen molar-refractivity contribution in [2.45, 2.75) is 5.92 Å². The summed E-state index contributed by atoms with van der Waals surface area (Å²) in [4.78, 5) is 17.7. The van der Waals surface area contributed by atoms with E-state index in [2.05, 4.69) is 27.8 Å². The molecule has 0 aliphatic carbocycles. The van der Waals surface area contributed by atoms with E-state index in [1.807, 2.05) is 66.7 Å². The van der Waals surface area contributed by atoms with Crippen molar-refractivity contribution in [2.24, 2.45) is 5.73 Å². The lowest BCUT2D eigenvalue weighted by Crippen LogP contribution is -2.27. The fourth-order valence-electron chi connectivity index (χ4n) is 4.80. The lowest BCUT2D eigenvalue weighted by atomic mass is 9.98. The van der Waals surface area contributed by atoms with Gasteiger partial charge in [0.25, 0.3) is 0 Å². The number of aromatic nitrogens is 1. The van der Waals surface area contributed by atoms with Gasteiger partial charge in [-0.2, -0.15) is 0 Å². The topological polar surface area (TPSA) is 93.2 Å². The third kappa shape index (κ3) is 5.12. The number of nitrogens with two attached hydrogens (primary N) is 1. The number of hydrogen-bond donors (Lipinski definition) is 3. The molecule has 0 bridgehead atoms. The first kappa shape index (κ1) is 25.9. The van der Waals surface area contributed by atoms with E-state index in [1.165, 1.54) is 0 Å². The van der Waals surface area contributed by atoms with Crippen molar-refractivity contribution in [3.63, 3.8) is 0 Å². The van der Waals surface area contributed by atoms with Crippen molar-refractivity contribution in [2.75, 3.05) is 17.2 Å². The molecule has 6 rings (SSSR count). The summed E-state index contributed by atoms with van der Waals surface area (Å²) < 4.78 is 6.20. The summed E-state index contributed by atoms with van der Waals surface area (Å²) >= 11 is 12.2. The maximum atomic E-state index is 13.1. The van der Waals surface area contributed by atoms with Crippen molar-refractivity contribution in [1.82, 2.24) is 4.98 Å². The number of pyridine rings is 1. The molecule has 1 atom stereocenters. The minimum absolute atomic E-state index is 0.125. The monoisotopic (exact) mass is 566 g/mol. The third-order valence-corrected chi connectivity index (χ3v) is 7.50. The van der Waals surface area contributed by atoms with Gasteiger partial charge < -0.3 is 20.8 Å². The van der Waals surface area contributed by atoms with Crippen molar-refractivity contribution in [3.05, 3.63) is 119 Å². The van der Waals surface area contributed by atoms with Crippen molar-refractivity contribution >= 4 is 68.1 Å². The van der Waals surface area contributed by atoms with Crippen LogP contribution in [0.4, 0.5) is 17.1 Å². The van der Waals surface area contributed by atoms with Crippen LogP contribution in [0.5, 0.6) is 0 Å². The van der Waals surface area contributed by atoms with E-state index < -0.39 is 5.92 Å². The minimum atomic E-state index is -0.574. The standard InChI is InChI=1S/C32H24Cl2N4O2/c33-27-12-11-19(15-28(27)34)26(18-35)32(39)38-21-6-3-5-20(16-21)37-22-13-14-36-29(17-22)25-9-4-8-24-23-7-1-2-10-30(23)40-31(24)25/h1-17,26H,18,35H2,(H,36,37)(H,38,39). The SMILES string of the molecule is NCC(C(=O)Nc1cccc(Nc2ccnc(-c3cccc4c3oc3ccccc34)c2)c1)c1ccc(Cl)c(Cl)c1. The predicted molar refractivity (Wildman–Crippen MR) is 164 cm³/mol. The van der Waals surface area contributed by atoms with E-state index >= 15 is 0 Å². The van der Waals surface area contributed by atoms with Crippen molar-refractivity contribution < 1.29 is 9.21 Å². The molecule has 2 aromatic heterocycles. The van der Waals surface area contributed by atoms with Crippen LogP contribution >= 0.6 is 23.2 Å². The normalized spacial score (nSPS) is 12.0. The van der Waals surface area contributed by atoms with Crippen LogP contribution in [0.25, 0.3) is 33.2 Å². The maximum Gasteiger partial charge on any atom is 0.233 e. The number of benzene rings is 4. The second-order valence-corrected chi connectivity index (χ2v) is 10.2. The first-order chi connectivity index (χ1) is 19.5. The van der Waals surface area contributed by atoms with Crippen LogP contribution in [-0.4, -0.2) is 17.4 Å². The molecular formula is C32H24Cl2N4O2. The predicted octanol–water partition coefficient (Wildman–Crippen LogP) is 8.38. The van der Waals surface area contributed by atoms with Crippen LogP contribution in [-0.2, 0) is 4.79 Å².